The molecule has 0 aromatic heterocycles. The summed E-state index contributed by atoms with van der Waals surface area (Å²) < 4.78 is 0.464. The fourth-order valence-electron chi connectivity index (χ4n) is 0.905. The maximum Gasteiger partial charge on any atom is 0.340 e. The van der Waals surface area contributed by atoms with Gasteiger partial charge in [0.25, 0.3) is 0 Å². The molecule has 5 heteroatoms. The molecule has 0 aliphatic heterocycles. The number of phenols is 1. The summed E-state index contributed by atoms with van der Waals surface area (Å²) in [6.45, 7) is 0. The van der Waals surface area contributed by atoms with Crippen LogP contribution in [0.25, 0.3) is 0 Å². The smallest absolute Gasteiger partial charge is 0.340 e. The van der Waals surface area contributed by atoms with Crippen LogP contribution in [0.3, 0.4) is 0 Å². The molecule has 0 saturated heterocycles. The number of carboxylic acids is 1. The third-order valence-corrected chi connectivity index (χ3v) is 1.87. The van der Waals surface area contributed by atoms with Crippen LogP contribution >= 0.6 is 15.9 Å². The number of benzene rings is 1. The van der Waals surface area contributed by atoms with Crippen LogP contribution in [0.1, 0.15) is 15.9 Å². The number of halogens is 1. The minimum atomic E-state index is -1.32. The van der Waals surface area contributed by atoms with E-state index in [1.165, 1.54) is 12.1 Å². The Morgan fingerprint density at radius 3 is 2.62 bits per heavy atom. The average Bonchev–Trinajstić information content (AvgIpc) is 2.01. The van der Waals surface area contributed by atoms with Gasteiger partial charge >= 0.3 is 5.97 Å². The number of nitrogens with zero attached hydrogens (tertiary/aromatic N) is 1. The lowest BCUT2D eigenvalue weighted by molar-refractivity contribution is 0.0693. The Morgan fingerprint density at radius 2 is 2.15 bits per heavy atom. The molecular weight excluding hydrogens is 238 g/mol. The van der Waals surface area contributed by atoms with Gasteiger partial charge in [-0.05, 0) is 12.1 Å². The molecule has 0 aliphatic rings. The van der Waals surface area contributed by atoms with Gasteiger partial charge in [-0.2, -0.15) is 5.26 Å². The first-order chi connectivity index (χ1) is 6.06. The summed E-state index contributed by atoms with van der Waals surface area (Å²) in [5.41, 5.74) is -0.440. The monoisotopic (exact) mass is 241 g/mol. The van der Waals surface area contributed by atoms with E-state index in [0.717, 1.165) is 0 Å². The molecule has 2 N–H and O–H groups in total. The number of aromatic hydroxyl groups is 1. The molecule has 4 nitrogen and oxygen atoms in total. The second-order valence-electron chi connectivity index (χ2n) is 2.26. The van der Waals surface area contributed by atoms with Gasteiger partial charge in [0.1, 0.15) is 17.4 Å². The van der Waals surface area contributed by atoms with Gasteiger partial charge in [0.15, 0.2) is 0 Å². The molecular formula is C8H4BrNO3. The van der Waals surface area contributed by atoms with Crippen LogP contribution in [0.5, 0.6) is 5.75 Å². The molecule has 0 aliphatic carbocycles. The predicted molar refractivity (Wildman–Crippen MR) is 47.5 cm³/mol. The summed E-state index contributed by atoms with van der Waals surface area (Å²) in [7, 11) is 0. The Labute approximate surface area is 82.2 Å². The van der Waals surface area contributed by atoms with Gasteiger partial charge in [-0.15, -0.1) is 0 Å². The van der Waals surface area contributed by atoms with E-state index < -0.39 is 11.7 Å². The molecule has 0 radical (unpaired) electrons. The van der Waals surface area contributed by atoms with E-state index in [2.05, 4.69) is 15.9 Å². The lowest BCUT2D eigenvalue weighted by Gasteiger charge is -2.01. The maximum atomic E-state index is 10.6. The van der Waals surface area contributed by atoms with Crippen molar-refractivity contribution in [2.24, 2.45) is 0 Å². The van der Waals surface area contributed by atoms with Gasteiger partial charge in [-0.25, -0.2) is 4.79 Å². The molecule has 1 aromatic carbocycles. The molecule has 0 unspecified atom stereocenters. The van der Waals surface area contributed by atoms with E-state index in [0.29, 0.717) is 4.47 Å². The van der Waals surface area contributed by atoms with Crippen LogP contribution in [0.15, 0.2) is 16.6 Å². The second kappa shape index (κ2) is 3.46. The highest BCUT2D eigenvalue weighted by Gasteiger charge is 2.15. The molecule has 0 fully saturated rings. The second-order valence-corrected chi connectivity index (χ2v) is 3.18. The molecule has 1 aromatic rings. The Hall–Kier alpha value is -1.54. The highest BCUT2D eigenvalue weighted by molar-refractivity contribution is 9.10. The largest absolute Gasteiger partial charge is 0.507 e. The zero-order valence-electron chi connectivity index (χ0n) is 6.28. The first kappa shape index (κ1) is 9.55. The van der Waals surface area contributed by atoms with Crippen molar-refractivity contribution in [2.45, 2.75) is 0 Å². The van der Waals surface area contributed by atoms with E-state index in [-0.39, 0.29) is 11.1 Å². The Bertz CT molecular complexity index is 409. The van der Waals surface area contributed by atoms with E-state index in [4.69, 9.17) is 10.4 Å². The normalized spacial score (nSPS) is 9.23. The number of carbonyl (C=O) groups is 1. The molecule has 1 rings (SSSR count). The summed E-state index contributed by atoms with van der Waals surface area (Å²) in [5.74, 6) is -1.74. The maximum absolute atomic E-state index is 10.6. The molecule has 66 valence electrons. The molecule has 13 heavy (non-hydrogen) atoms. The number of carboxylic acid groups (broad SMARTS) is 1. The minimum absolute atomic E-state index is 0.0700. The van der Waals surface area contributed by atoms with E-state index in [9.17, 15) is 9.90 Å². The van der Waals surface area contributed by atoms with Crippen molar-refractivity contribution >= 4 is 21.9 Å². The van der Waals surface area contributed by atoms with Crippen LogP contribution in [-0.2, 0) is 0 Å². The average molecular weight is 242 g/mol. The van der Waals surface area contributed by atoms with Gasteiger partial charge in [0.2, 0.25) is 0 Å². The number of hydrogen-bond donors (Lipinski definition) is 2. The van der Waals surface area contributed by atoms with E-state index in [1.807, 2.05) is 0 Å². The topological polar surface area (TPSA) is 81.3 Å². The predicted octanol–water partition coefficient (Wildman–Crippen LogP) is 1.72. The molecule has 0 spiro atoms. The summed E-state index contributed by atoms with van der Waals surface area (Å²) in [6.07, 6.45) is 0. The standard InChI is InChI=1S/C8H4BrNO3/c9-5-1-4(3-10)7(8(12)13)6(11)2-5/h1-2,11H,(H,12,13). The van der Waals surface area contributed by atoms with E-state index >= 15 is 0 Å². The van der Waals surface area contributed by atoms with Gasteiger partial charge in [-0.3, -0.25) is 0 Å². The third-order valence-electron chi connectivity index (χ3n) is 1.42. The van der Waals surface area contributed by atoms with Crippen LogP contribution in [0, 0.1) is 11.3 Å². The van der Waals surface area contributed by atoms with Crippen molar-refractivity contribution in [3.63, 3.8) is 0 Å². The fraction of sp³-hybridized carbons (Fsp3) is 0. The number of rotatable bonds is 1. The van der Waals surface area contributed by atoms with Crippen LogP contribution in [-0.4, -0.2) is 16.2 Å². The van der Waals surface area contributed by atoms with Gasteiger partial charge in [-0.1, -0.05) is 15.9 Å². The first-order valence-electron chi connectivity index (χ1n) is 3.22. The van der Waals surface area contributed by atoms with Crippen LogP contribution < -0.4 is 0 Å². The fourth-order valence-corrected chi connectivity index (χ4v) is 1.35. The summed E-state index contributed by atoms with van der Waals surface area (Å²) in [4.78, 5) is 10.6. The molecule has 0 saturated carbocycles. The minimum Gasteiger partial charge on any atom is -0.507 e. The molecule has 0 heterocycles. The molecule has 0 atom stereocenters. The zero-order chi connectivity index (χ0) is 10.0. The lowest BCUT2D eigenvalue weighted by atomic mass is 10.1. The highest BCUT2D eigenvalue weighted by atomic mass is 79.9. The van der Waals surface area contributed by atoms with Crippen molar-refractivity contribution in [1.29, 1.82) is 5.26 Å². The number of hydrogen-bond acceptors (Lipinski definition) is 3. The Kier molecular flexibility index (Phi) is 2.54. The Morgan fingerprint density at radius 1 is 1.54 bits per heavy atom. The van der Waals surface area contributed by atoms with Crippen molar-refractivity contribution in [3.05, 3.63) is 27.7 Å². The van der Waals surface area contributed by atoms with Gasteiger partial charge < -0.3 is 10.2 Å². The summed E-state index contributed by atoms with van der Waals surface area (Å²) in [6, 6.07) is 4.25. The van der Waals surface area contributed by atoms with Gasteiger partial charge in [0, 0.05) is 4.47 Å². The first-order valence-corrected chi connectivity index (χ1v) is 4.01. The Balaban J connectivity index is 3.50. The van der Waals surface area contributed by atoms with Crippen molar-refractivity contribution in [1.82, 2.24) is 0 Å². The van der Waals surface area contributed by atoms with Crippen LogP contribution in [0.4, 0.5) is 0 Å². The van der Waals surface area contributed by atoms with Crippen molar-refractivity contribution < 1.29 is 15.0 Å². The quantitative estimate of drug-likeness (QED) is 0.785. The highest BCUT2D eigenvalue weighted by Crippen LogP contribution is 2.26. The lowest BCUT2D eigenvalue weighted by Crippen LogP contribution is -2.00. The number of nitriles is 1. The van der Waals surface area contributed by atoms with E-state index in [1.54, 1.807) is 6.07 Å². The summed E-state index contributed by atoms with van der Waals surface area (Å²) >= 11 is 3.03. The van der Waals surface area contributed by atoms with Crippen molar-refractivity contribution in [3.8, 4) is 11.8 Å². The SMILES string of the molecule is N#Cc1cc(Br)cc(O)c1C(=O)O. The third kappa shape index (κ3) is 1.79. The number of aromatic carboxylic acids is 1. The molecule has 0 bridgehead atoms. The van der Waals surface area contributed by atoms with Crippen LogP contribution in [0.2, 0.25) is 0 Å². The van der Waals surface area contributed by atoms with Crippen molar-refractivity contribution in [2.75, 3.05) is 0 Å². The molecule has 0 amide bonds. The van der Waals surface area contributed by atoms with Gasteiger partial charge in [0.05, 0.1) is 5.56 Å². The zero-order valence-corrected chi connectivity index (χ0v) is 7.87. The summed E-state index contributed by atoms with van der Waals surface area (Å²) in [5, 5.41) is 26.4.